The minimum Gasteiger partial charge on any atom is -0.0805 e. The third-order valence-electron chi connectivity index (χ3n) is 1.70. The van der Waals surface area contributed by atoms with Gasteiger partial charge in [-0.1, -0.05) is 37.1 Å². The van der Waals surface area contributed by atoms with E-state index in [2.05, 4.69) is 50.3 Å². The summed E-state index contributed by atoms with van der Waals surface area (Å²) in [5.41, 5.74) is 1.61. The van der Waals surface area contributed by atoms with Gasteiger partial charge < -0.3 is 0 Å². The van der Waals surface area contributed by atoms with Crippen LogP contribution in [0.2, 0.25) is 0 Å². The average molecular weight is 238 g/mol. The molecule has 1 aliphatic rings. The molecule has 0 aromatic carbocycles. The highest BCUT2D eigenvalue weighted by Gasteiger charge is 1.96. The Morgan fingerprint density at radius 3 is 2.73 bits per heavy atom. The van der Waals surface area contributed by atoms with E-state index in [1.54, 1.807) is 5.57 Å². The number of allylic oxidation sites excluding steroid dienone is 4. The normalized spacial score (nSPS) is 13.9. The van der Waals surface area contributed by atoms with E-state index in [9.17, 15) is 0 Å². The van der Waals surface area contributed by atoms with Crippen LogP contribution in [0.15, 0.2) is 23.8 Å². The Balaban J connectivity index is 0.000000461. The molecule has 0 aromatic heterocycles. The minimum absolute atomic E-state index is 1.21. The summed E-state index contributed by atoms with van der Waals surface area (Å²) in [4.78, 5) is 0. The molecule has 2 heteroatoms. The predicted molar refractivity (Wildman–Crippen MR) is 56.1 cm³/mol. The van der Waals surface area contributed by atoms with Gasteiger partial charge in [-0.3, -0.25) is 0 Å². The SMILES string of the molecule is CCCCC1=CC=CC1.ClBr. The second kappa shape index (κ2) is 8.35. The van der Waals surface area contributed by atoms with Crippen molar-refractivity contribution >= 4 is 25.1 Å². The van der Waals surface area contributed by atoms with Gasteiger partial charge in [0.1, 0.15) is 0 Å². The molecule has 1 rings (SSSR count). The fourth-order valence-electron chi connectivity index (χ4n) is 1.08. The van der Waals surface area contributed by atoms with E-state index in [4.69, 9.17) is 0 Å². The van der Waals surface area contributed by atoms with Gasteiger partial charge in [-0.15, -0.1) is 0 Å². The highest BCUT2D eigenvalue weighted by molar-refractivity contribution is 9.22. The number of hydrogen-bond acceptors (Lipinski definition) is 0. The van der Waals surface area contributed by atoms with Gasteiger partial charge in [0.05, 0.1) is 0 Å². The van der Waals surface area contributed by atoms with Gasteiger partial charge >= 0.3 is 0 Å². The van der Waals surface area contributed by atoms with Crippen LogP contribution < -0.4 is 0 Å². The molecular formula is C9H14BrCl. The lowest BCUT2D eigenvalue weighted by Crippen LogP contribution is -1.77. The van der Waals surface area contributed by atoms with E-state index in [-0.39, 0.29) is 0 Å². The lowest BCUT2D eigenvalue weighted by Gasteiger charge is -1.96. The van der Waals surface area contributed by atoms with Crippen molar-refractivity contribution < 1.29 is 0 Å². The Hall–Kier alpha value is 0.250. The van der Waals surface area contributed by atoms with Crippen molar-refractivity contribution in [3.05, 3.63) is 23.8 Å². The zero-order chi connectivity index (χ0) is 8.53. The van der Waals surface area contributed by atoms with E-state index >= 15 is 0 Å². The maximum absolute atomic E-state index is 4.45. The predicted octanol–water partition coefficient (Wildman–Crippen LogP) is 4.60. The Morgan fingerprint density at radius 2 is 2.27 bits per heavy atom. The number of hydrogen-bond donors (Lipinski definition) is 0. The molecule has 0 N–H and O–H groups in total. The molecule has 0 fully saturated rings. The summed E-state index contributed by atoms with van der Waals surface area (Å²) in [7, 11) is 4.45. The largest absolute Gasteiger partial charge is 0.0805 e. The van der Waals surface area contributed by atoms with Crippen molar-refractivity contribution in [3.8, 4) is 0 Å². The molecule has 0 saturated carbocycles. The third kappa shape index (κ3) is 5.51. The van der Waals surface area contributed by atoms with Crippen LogP contribution in [0.1, 0.15) is 32.6 Å². The minimum atomic E-state index is 1.21. The first-order valence-corrected chi connectivity index (χ1v) is 6.00. The lowest BCUT2D eigenvalue weighted by atomic mass is 10.1. The Bertz CT molecular complexity index is 138. The number of halogens is 2. The zero-order valence-corrected chi connectivity index (χ0v) is 9.16. The molecule has 0 nitrogen and oxygen atoms in total. The molecular weight excluding hydrogens is 223 g/mol. The molecule has 1 aliphatic carbocycles. The van der Waals surface area contributed by atoms with Crippen LogP contribution in [0.3, 0.4) is 0 Å². The maximum Gasteiger partial charge on any atom is 0.0341 e. The molecule has 0 bridgehead atoms. The highest BCUT2D eigenvalue weighted by atomic mass is 79.9. The monoisotopic (exact) mass is 236 g/mol. The summed E-state index contributed by atoms with van der Waals surface area (Å²) >= 11 is 2.41. The molecule has 0 atom stereocenters. The zero-order valence-electron chi connectivity index (χ0n) is 6.82. The van der Waals surface area contributed by atoms with Gasteiger partial charge in [0.25, 0.3) is 0 Å². The van der Waals surface area contributed by atoms with Crippen LogP contribution in [0.4, 0.5) is 0 Å². The summed E-state index contributed by atoms with van der Waals surface area (Å²) in [6.07, 6.45) is 11.8. The Labute approximate surface area is 81.7 Å². The first-order valence-electron chi connectivity index (χ1n) is 3.92. The number of rotatable bonds is 3. The van der Waals surface area contributed by atoms with Crippen LogP contribution in [0, 0.1) is 0 Å². The van der Waals surface area contributed by atoms with Crippen LogP contribution in [0.5, 0.6) is 0 Å². The summed E-state index contributed by atoms with van der Waals surface area (Å²) in [5.74, 6) is 0. The highest BCUT2D eigenvalue weighted by Crippen LogP contribution is 2.16. The molecule has 0 unspecified atom stereocenters. The second-order valence-corrected chi connectivity index (χ2v) is 2.56. The van der Waals surface area contributed by atoms with Gasteiger partial charge in [-0.2, -0.15) is 0 Å². The molecule has 0 saturated heterocycles. The first-order chi connectivity index (χ1) is 5.43. The molecule has 0 amide bonds. The molecule has 0 aromatic rings. The second-order valence-electron chi connectivity index (χ2n) is 2.56. The fraction of sp³-hybridized carbons (Fsp3) is 0.556. The molecule has 0 aliphatic heterocycles. The van der Waals surface area contributed by atoms with Gasteiger partial charge in [-0.05, 0) is 29.4 Å². The van der Waals surface area contributed by atoms with Gasteiger partial charge in [0, 0.05) is 15.0 Å². The van der Waals surface area contributed by atoms with Crippen molar-refractivity contribution in [3.63, 3.8) is 0 Å². The Morgan fingerprint density at radius 1 is 1.55 bits per heavy atom. The average Bonchev–Trinajstić information content (AvgIpc) is 2.57. The molecule has 0 spiro atoms. The van der Waals surface area contributed by atoms with Crippen molar-refractivity contribution in [1.29, 1.82) is 0 Å². The van der Waals surface area contributed by atoms with Crippen molar-refractivity contribution in [2.24, 2.45) is 0 Å². The van der Waals surface area contributed by atoms with Crippen molar-refractivity contribution in [1.82, 2.24) is 0 Å². The van der Waals surface area contributed by atoms with Crippen LogP contribution >= 0.6 is 25.1 Å². The van der Waals surface area contributed by atoms with Crippen LogP contribution in [-0.4, -0.2) is 0 Å². The standard InChI is InChI=1S/C9H14.BrCl/c1-2-3-6-9-7-4-5-8-9;1-2/h4-5,7H,2-3,6,8H2,1H3;. The quantitative estimate of drug-likeness (QED) is 0.673. The maximum atomic E-state index is 4.45. The summed E-state index contributed by atoms with van der Waals surface area (Å²) in [6.45, 7) is 2.24. The van der Waals surface area contributed by atoms with Gasteiger partial charge in [0.2, 0.25) is 0 Å². The summed E-state index contributed by atoms with van der Waals surface area (Å²) in [6, 6.07) is 0. The van der Waals surface area contributed by atoms with E-state index in [1.807, 2.05) is 0 Å². The molecule has 0 heterocycles. The molecule has 0 radical (unpaired) electrons. The van der Waals surface area contributed by atoms with E-state index in [0.29, 0.717) is 0 Å². The molecule has 11 heavy (non-hydrogen) atoms. The van der Waals surface area contributed by atoms with E-state index in [1.165, 1.54) is 25.7 Å². The van der Waals surface area contributed by atoms with Crippen molar-refractivity contribution in [2.75, 3.05) is 0 Å². The fourth-order valence-corrected chi connectivity index (χ4v) is 1.08. The van der Waals surface area contributed by atoms with Crippen molar-refractivity contribution in [2.45, 2.75) is 32.6 Å². The summed E-state index contributed by atoms with van der Waals surface area (Å²) in [5, 5.41) is 0. The van der Waals surface area contributed by atoms with Crippen LogP contribution in [-0.2, 0) is 0 Å². The lowest BCUT2D eigenvalue weighted by molar-refractivity contribution is 0.779. The Kier molecular flexibility index (Phi) is 8.54. The molecule has 64 valence electrons. The van der Waals surface area contributed by atoms with Gasteiger partial charge in [-0.25, -0.2) is 0 Å². The smallest absolute Gasteiger partial charge is 0.0341 e. The number of unbranched alkanes of at least 4 members (excludes halogenated alkanes) is 1. The summed E-state index contributed by atoms with van der Waals surface area (Å²) < 4.78 is 0. The first kappa shape index (κ1) is 11.2. The van der Waals surface area contributed by atoms with Crippen LogP contribution in [0.25, 0.3) is 0 Å². The van der Waals surface area contributed by atoms with E-state index < -0.39 is 0 Å². The third-order valence-corrected chi connectivity index (χ3v) is 1.70. The van der Waals surface area contributed by atoms with E-state index in [0.717, 1.165) is 0 Å². The van der Waals surface area contributed by atoms with Gasteiger partial charge in [0.15, 0.2) is 0 Å². The topological polar surface area (TPSA) is 0 Å².